The van der Waals surface area contributed by atoms with E-state index in [0.717, 1.165) is 12.8 Å². The molecular weight excluding hydrogens is 881 g/mol. The highest BCUT2D eigenvalue weighted by Gasteiger charge is 2.59. The molecule has 2 nitrogen and oxygen atoms in total. The zero-order valence-electron chi connectivity index (χ0n) is 41.9. The van der Waals surface area contributed by atoms with Crippen LogP contribution in [0.4, 0.5) is 34.1 Å². The molecule has 354 valence electrons. The molecule has 3 unspecified atom stereocenters. The van der Waals surface area contributed by atoms with Crippen molar-refractivity contribution in [2.45, 2.75) is 69.6 Å². The Hall–Kier alpha value is -7.94. The number of fused-ring (bicyclic) bond motifs is 6. The quantitative estimate of drug-likeness (QED) is 0.150. The van der Waals surface area contributed by atoms with E-state index in [4.69, 9.17) is 0 Å². The van der Waals surface area contributed by atoms with E-state index in [1.54, 1.807) is 11.1 Å². The van der Waals surface area contributed by atoms with Gasteiger partial charge >= 0.3 is 0 Å². The fraction of sp³-hybridized carbons (Fsp3) is 0.183. The van der Waals surface area contributed by atoms with E-state index in [1.165, 1.54) is 133 Å². The molecule has 10 aromatic carbocycles. The van der Waals surface area contributed by atoms with Crippen molar-refractivity contribution in [1.29, 1.82) is 0 Å². The van der Waals surface area contributed by atoms with Crippen molar-refractivity contribution in [2.24, 2.45) is 11.8 Å². The zero-order chi connectivity index (χ0) is 48.7. The summed E-state index contributed by atoms with van der Waals surface area (Å²) >= 11 is 0. The third-order valence-corrected chi connectivity index (χ3v) is 17.7. The monoisotopic (exact) mass is 940 g/mol. The van der Waals surface area contributed by atoms with Crippen LogP contribution in [0, 0.1) is 11.8 Å². The second-order valence-corrected chi connectivity index (χ2v) is 21.8. The number of hydrogen-bond acceptors (Lipinski definition) is 2. The molecule has 0 heterocycles. The molecule has 3 atom stereocenters. The van der Waals surface area contributed by atoms with Crippen LogP contribution in [0.5, 0.6) is 0 Å². The molecule has 4 aliphatic carbocycles. The average molecular weight is 941 g/mol. The van der Waals surface area contributed by atoms with Gasteiger partial charge in [-0.25, -0.2) is 0 Å². The Morgan fingerprint density at radius 1 is 0.384 bits per heavy atom. The molecule has 1 fully saturated rings. The van der Waals surface area contributed by atoms with Gasteiger partial charge in [0.05, 0.1) is 17.1 Å². The molecule has 0 aromatic heterocycles. The maximum atomic E-state index is 2.66. The Balaban J connectivity index is 1.02. The maximum absolute atomic E-state index is 2.66. The number of rotatable bonds is 8. The van der Waals surface area contributed by atoms with Crippen LogP contribution in [0.25, 0.3) is 44.2 Å². The van der Waals surface area contributed by atoms with Crippen molar-refractivity contribution in [1.82, 2.24) is 0 Å². The van der Waals surface area contributed by atoms with E-state index < -0.39 is 0 Å². The van der Waals surface area contributed by atoms with Crippen molar-refractivity contribution < 1.29 is 0 Å². The van der Waals surface area contributed by atoms with Gasteiger partial charge in [0.15, 0.2) is 0 Å². The predicted octanol–water partition coefficient (Wildman–Crippen LogP) is 19.0. The van der Waals surface area contributed by atoms with Crippen LogP contribution in [0.15, 0.2) is 231 Å². The van der Waals surface area contributed by atoms with Gasteiger partial charge in [-0.2, -0.15) is 0 Å². The first-order chi connectivity index (χ1) is 36.0. The minimum Gasteiger partial charge on any atom is -0.310 e. The number of anilines is 6. The Morgan fingerprint density at radius 3 is 1.62 bits per heavy atom. The third-order valence-electron chi connectivity index (χ3n) is 17.7. The Bertz CT molecular complexity index is 3700. The predicted molar refractivity (Wildman–Crippen MR) is 306 cm³/mol. The van der Waals surface area contributed by atoms with Gasteiger partial charge < -0.3 is 9.80 Å². The van der Waals surface area contributed by atoms with E-state index in [9.17, 15) is 0 Å². The first kappa shape index (κ1) is 43.8. The summed E-state index contributed by atoms with van der Waals surface area (Å²) in [4.78, 5) is 5.30. The third kappa shape index (κ3) is 6.83. The lowest BCUT2D eigenvalue weighted by Crippen LogP contribution is -2.40. The van der Waals surface area contributed by atoms with Gasteiger partial charge in [0.1, 0.15) is 0 Å². The second kappa shape index (κ2) is 17.4. The van der Waals surface area contributed by atoms with Gasteiger partial charge in [-0.15, -0.1) is 0 Å². The zero-order valence-corrected chi connectivity index (χ0v) is 41.9. The highest BCUT2D eigenvalue weighted by molar-refractivity contribution is 6.06. The lowest BCUT2D eigenvalue weighted by atomic mass is 9.60. The second-order valence-electron chi connectivity index (χ2n) is 21.8. The molecule has 0 amide bonds. The minimum atomic E-state index is -0.223. The van der Waals surface area contributed by atoms with E-state index in [1.807, 2.05) is 0 Å². The van der Waals surface area contributed by atoms with Gasteiger partial charge in [0.2, 0.25) is 0 Å². The van der Waals surface area contributed by atoms with Crippen LogP contribution in [-0.4, -0.2) is 0 Å². The highest BCUT2D eigenvalue weighted by Crippen LogP contribution is 2.67. The fourth-order valence-electron chi connectivity index (χ4n) is 14.6. The van der Waals surface area contributed by atoms with Crippen molar-refractivity contribution in [3.8, 4) is 33.4 Å². The fourth-order valence-corrected chi connectivity index (χ4v) is 14.6. The average Bonchev–Trinajstić information content (AvgIpc) is 4.04. The Morgan fingerprint density at radius 2 is 0.932 bits per heavy atom. The lowest BCUT2D eigenvalue weighted by Gasteiger charge is -2.45. The molecule has 0 aliphatic heterocycles. The highest BCUT2D eigenvalue weighted by atomic mass is 15.2. The lowest BCUT2D eigenvalue weighted by molar-refractivity contribution is 0.205. The summed E-state index contributed by atoms with van der Waals surface area (Å²) in [6.07, 6.45) is 8.43. The first-order valence-corrected chi connectivity index (χ1v) is 26.9. The SMILES string of the molecule is CC1(C)c2ccccc2-c2ccc(N(c3ccccc3)c3cccc4c3C35c6c(cccc6N(c6ccccc6)c6ccc7ccccc7c6-c6ccc(-c7ccccc7)cc6)CC3CCCCCC5C4)cc21. The van der Waals surface area contributed by atoms with Crippen LogP contribution in [0.2, 0.25) is 0 Å². The summed E-state index contributed by atoms with van der Waals surface area (Å²) in [6.45, 7) is 4.82. The standard InChI is InChI=1S/C71H60N2/c1-70(2)62-34-18-17-33-60(62)61-43-42-58(47-63(61)70)72(56-28-11-5-12-29-56)65-35-19-24-52-45-54-26-9-4-10-27-55-46-53-25-20-36-66(69(53)71(54,55)68(52)65)73(57-30-13-6-14-31-57)64-44-41-50-23-15-16-32-59(50)67(64)51-39-37-49(38-40-51)48-21-7-3-8-22-48/h3,5-8,11-25,28-44,47,54-55H,4,9-10,26-27,45-46H2,1-2H3. The largest absolute Gasteiger partial charge is 0.310 e. The maximum Gasteiger partial charge on any atom is 0.0546 e. The summed E-state index contributed by atoms with van der Waals surface area (Å²) in [6, 6.07) is 87.4. The van der Waals surface area contributed by atoms with E-state index in [2.05, 4.69) is 254 Å². The Kier molecular flexibility index (Phi) is 10.4. The van der Waals surface area contributed by atoms with Crippen molar-refractivity contribution in [3.05, 3.63) is 264 Å². The molecule has 14 rings (SSSR count). The van der Waals surface area contributed by atoms with Gasteiger partial charge in [-0.3, -0.25) is 0 Å². The van der Waals surface area contributed by atoms with E-state index in [0.29, 0.717) is 11.8 Å². The molecule has 10 aromatic rings. The topological polar surface area (TPSA) is 6.48 Å². The summed E-state index contributed by atoms with van der Waals surface area (Å²) in [5.74, 6) is 0.920. The summed E-state index contributed by atoms with van der Waals surface area (Å²) in [7, 11) is 0. The van der Waals surface area contributed by atoms with Crippen LogP contribution in [0.1, 0.15) is 79.3 Å². The molecule has 73 heavy (non-hydrogen) atoms. The summed E-state index contributed by atoms with van der Waals surface area (Å²) in [5, 5.41) is 2.50. The van der Waals surface area contributed by atoms with Gasteiger partial charge in [-0.1, -0.05) is 209 Å². The molecule has 2 heteroatoms. The molecule has 4 aliphatic rings. The molecule has 1 spiro atoms. The van der Waals surface area contributed by atoms with E-state index in [-0.39, 0.29) is 10.8 Å². The van der Waals surface area contributed by atoms with Gasteiger partial charge in [0, 0.05) is 33.5 Å². The minimum absolute atomic E-state index is 0.122. The van der Waals surface area contributed by atoms with Crippen LogP contribution in [0.3, 0.4) is 0 Å². The van der Waals surface area contributed by atoms with Crippen molar-refractivity contribution in [2.75, 3.05) is 9.80 Å². The van der Waals surface area contributed by atoms with Crippen LogP contribution >= 0.6 is 0 Å². The number of para-hydroxylation sites is 2. The van der Waals surface area contributed by atoms with Gasteiger partial charge in [-0.05, 0) is 164 Å². The Labute approximate surface area is 431 Å². The summed E-state index contributed by atoms with van der Waals surface area (Å²) < 4.78 is 0. The van der Waals surface area contributed by atoms with Crippen molar-refractivity contribution in [3.63, 3.8) is 0 Å². The number of benzene rings is 10. The number of hydrogen-bond donors (Lipinski definition) is 0. The molecule has 0 saturated heterocycles. The molecular formula is C71H60N2. The van der Waals surface area contributed by atoms with Crippen LogP contribution in [-0.2, 0) is 23.7 Å². The van der Waals surface area contributed by atoms with Crippen LogP contribution < -0.4 is 9.80 Å². The molecule has 1 saturated carbocycles. The number of nitrogens with zero attached hydrogens (tertiary/aromatic N) is 2. The van der Waals surface area contributed by atoms with Crippen molar-refractivity contribution >= 4 is 44.9 Å². The van der Waals surface area contributed by atoms with E-state index >= 15 is 0 Å². The smallest absolute Gasteiger partial charge is 0.0546 e. The molecule has 0 bridgehead atoms. The summed E-state index contributed by atoms with van der Waals surface area (Å²) in [5.41, 5.74) is 23.6. The molecule has 0 radical (unpaired) electrons. The molecule has 0 N–H and O–H groups in total. The first-order valence-electron chi connectivity index (χ1n) is 26.9. The van der Waals surface area contributed by atoms with Gasteiger partial charge in [0.25, 0.3) is 0 Å². The normalized spacial score (nSPS) is 18.9.